The van der Waals surface area contributed by atoms with Gasteiger partial charge in [0.05, 0.1) is 6.21 Å². The fourth-order valence-electron chi connectivity index (χ4n) is 2.30. The molecule has 5 nitrogen and oxygen atoms in total. The Morgan fingerprint density at radius 3 is 2.84 bits per heavy atom. The molecule has 0 aliphatic heterocycles. The zero-order chi connectivity index (χ0) is 17.6. The van der Waals surface area contributed by atoms with Gasteiger partial charge in [0.15, 0.2) is 6.61 Å². The molecule has 0 aliphatic carbocycles. The lowest BCUT2D eigenvalue weighted by molar-refractivity contribution is -0.123. The third-order valence-electron chi connectivity index (χ3n) is 3.49. The Kier molecular flexibility index (Phi) is 5.30. The quantitative estimate of drug-likeness (QED) is 0.506. The van der Waals surface area contributed by atoms with E-state index in [-0.39, 0.29) is 12.4 Å². The average molecular weight is 399 g/mol. The van der Waals surface area contributed by atoms with E-state index < -0.39 is 5.91 Å². The number of fused-ring (bicyclic) bond motifs is 1. The van der Waals surface area contributed by atoms with Crippen LogP contribution in [0.15, 0.2) is 70.2 Å². The third-order valence-corrected chi connectivity index (χ3v) is 3.98. The molecule has 126 valence electrons. The summed E-state index contributed by atoms with van der Waals surface area (Å²) in [4.78, 5) is 11.9. The number of carbonyl (C=O) groups excluding carboxylic acids is 1. The first kappa shape index (κ1) is 17.0. The van der Waals surface area contributed by atoms with Crippen LogP contribution < -0.4 is 10.2 Å². The van der Waals surface area contributed by atoms with E-state index in [2.05, 4.69) is 26.5 Å². The standard InChI is InChI=1S/C19H15BrN2O3/c20-15-8-9-17(23)14(10-15)11-21-22-19(24)12-25-18-7-3-5-13-4-1-2-6-16(13)18/h1-11,23H,12H2,(H,22,24). The van der Waals surface area contributed by atoms with Crippen LogP contribution in [0.4, 0.5) is 0 Å². The van der Waals surface area contributed by atoms with Gasteiger partial charge in [-0.25, -0.2) is 5.43 Å². The maximum Gasteiger partial charge on any atom is 0.277 e. The number of nitrogens with one attached hydrogen (secondary N) is 1. The van der Waals surface area contributed by atoms with Crippen molar-refractivity contribution in [3.63, 3.8) is 0 Å². The van der Waals surface area contributed by atoms with E-state index in [0.717, 1.165) is 15.2 Å². The first-order valence-electron chi connectivity index (χ1n) is 7.54. The minimum Gasteiger partial charge on any atom is -0.507 e. The van der Waals surface area contributed by atoms with E-state index in [1.54, 1.807) is 12.1 Å². The molecular weight excluding hydrogens is 384 g/mol. The van der Waals surface area contributed by atoms with Crippen molar-refractivity contribution in [3.05, 3.63) is 70.7 Å². The number of rotatable bonds is 5. The molecule has 0 radical (unpaired) electrons. The zero-order valence-electron chi connectivity index (χ0n) is 13.1. The summed E-state index contributed by atoms with van der Waals surface area (Å²) in [6, 6.07) is 18.4. The summed E-state index contributed by atoms with van der Waals surface area (Å²) in [5, 5.41) is 15.5. The second-order valence-corrected chi connectivity index (χ2v) is 6.18. The first-order valence-corrected chi connectivity index (χ1v) is 8.34. The van der Waals surface area contributed by atoms with Crippen molar-refractivity contribution in [2.75, 3.05) is 6.61 Å². The Bertz CT molecular complexity index is 936. The number of hydrogen-bond donors (Lipinski definition) is 2. The molecule has 0 heterocycles. The van der Waals surface area contributed by atoms with Crippen LogP contribution in [0, 0.1) is 0 Å². The zero-order valence-corrected chi connectivity index (χ0v) is 14.7. The van der Waals surface area contributed by atoms with Gasteiger partial charge in [-0.1, -0.05) is 52.3 Å². The summed E-state index contributed by atoms with van der Waals surface area (Å²) in [7, 11) is 0. The molecule has 0 aromatic heterocycles. The van der Waals surface area contributed by atoms with Crippen molar-refractivity contribution in [3.8, 4) is 11.5 Å². The fraction of sp³-hybridized carbons (Fsp3) is 0.0526. The molecule has 0 aliphatic rings. The lowest BCUT2D eigenvalue weighted by Gasteiger charge is -2.08. The lowest BCUT2D eigenvalue weighted by Crippen LogP contribution is -2.24. The minimum absolute atomic E-state index is 0.0770. The molecule has 1 amide bonds. The van der Waals surface area contributed by atoms with Crippen LogP contribution in [0.2, 0.25) is 0 Å². The highest BCUT2D eigenvalue weighted by atomic mass is 79.9. The van der Waals surface area contributed by atoms with Crippen LogP contribution in [-0.4, -0.2) is 23.8 Å². The highest BCUT2D eigenvalue weighted by molar-refractivity contribution is 9.10. The van der Waals surface area contributed by atoms with Gasteiger partial charge in [0, 0.05) is 15.4 Å². The summed E-state index contributed by atoms with van der Waals surface area (Å²) in [6.45, 7) is -0.157. The number of hydrogen-bond acceptors (Lipinski definition) is 4. The molecule has 0 bridgehead atoms. The molecular formula is C19H15BrN2O3. The van der Waals surface area contributed by atoms with Gasteiger partial charge in [0.1, 0.15) is 11.5 Å². The second kappa shape index (κ2) is 7.81. The van der Waals surface area contributed by atoms with E-state index in [4.69, 9.17) is 4.74 Å². The summed E-state index contributed by atoms with van der Waals surface area (Å²) in [5.74, 6) is 0.328. The van der Waals surface area contributed by atoms with E-state index >= 15 is 0 Å². The maximum absolute atomic E-state index is 11.9. The monoisotopic (exact) mass is 398 g/mol. The van der Waals surface area contributed by atoms with Crippen molar-refractivity contribution in [1.82, 2.24) is 5.43 Å². The molecule has 3 aromatic rings. The fourth-order valence-corrected chi connectivity index (χ4v) is 2.68. The second-order valence-electron chi connectivity index (χ2n) is 5.26. The van der Waals surface area contributed by atoms with Crippen molar-refractivity contribution < 1.29 is 14.6 Å². The summed E-state index contributed by atoms with van der Waals surface area (Å²) < 4.78 is 6.39. The maximum atomic E-state index is 11.9. The molecule has 3 rings (SSSR count). The summed E-state index contributed by atoms with van der Waals surface area (Å²) >= 11 is 3.31. The predicted octanol–water partition coefficient (Wildman–Crippen LogP) is 3.84. The van der Waals surface area contributed by atoms with Gasteiger partial charge >= 0.3 is 0 Å². The molecule has 25 heavy (non-hydrogen) atoms. The number of phenols is 1. The Morgan fingerprint density at radius 2 is 1.96 bits per heavy atom. The van der Waals surface area contributed by atoms with Gasteiger partial charge < -0.3 is 9.84 Å². The van der Waals surface area contributed by atoms with Crippen molar-refractivity contribution in [2.45, 2.75) is 0 Å². The number of benzene rings is 3. The Hall–Kier alpha value is -2.86. The topological polar surface area (TPSA) is 70.9 Å². The van der Waals surface area contributed by atoms with Gasteiger partial charge in [-0.2, -0.15) is 5.10 Å². The highest BCUT2D eigenvalue weighted by Gasteiger charge is 2.05. The predicted molar refractivity (Wildman–Crippen MR) is 101 cm³/mol. The molecule has 0 spiro atoms. The number of amides is 1. The number of nitrogens with zero attached hydrogens (tertiary/aromatic N) is 1. The van der Waals surface area contributed by atoms with Crippen LogP contribution in [-0.2, 0) is 4.79 Å². The number of hydrazone groups is 1. The van der Waals surface area contributed by atoms with Gasteiger partial charge in [0.25, 0.3) is 5.91 Å². The van der Waals surface area contributed by atoms with Crippen LogP contribution in [0.5, 0.6) is 11.5 Å². The largest absolute Gasteiger partial charge is 0.507 e. The molecule has 0 saturated carbocycles. The van der Waals surface area contributed by atoms with Crippen molar-refractivity contribution >= 4 is 38.8 Å². The van der Waals surface area contributed by atoms with E-state index in [9.17, 15) is 9.90 Å². The number of phenolic OH excluding ortho intramolecular Hbond substituents is 1. The number of ether oxygens (including phenoxy) is 1. The van der Waals surface area contributed by atoms with E-state index in [1.807, 2.05) is 42.5 Å². The summed E-state index contributed by atoms with van der Waals surface area (Å²) in [5.41, 5.74) is 2.87. The van der Waals surface area contributed by atoms with Gasteiger partial charge in [-0.15, -0.1) is 0 Å². The molecule has 0 unspecified atom stereocenters. The molecule has 0 fully saturated rings. The van der Waals surface area contributed by atoms with Crippen LogP contribution >= 0.6 is 15.9 Å². The Balaban J connectivity index is 1.59. The van der Waals surface area contributed by atoms with Crippen molar-refractivity contribution in [1.29, 1.82) is 0 Å². The van der Waals surface area contributed by atoms with Gasteiger partial charge in [-0.3, -0.25) is 4.79 Å². The number of aromatic hydroxyl groups is 1. The van der Waals surface area contributed by atoms with Crippen LogP contribution in [0.25, 0.3) is 10.8 Å². The number of halogens is 1. The third kappa shape index (κ3) is 4.36. The first-order chi connectivity index (χ1) is 12.1. The Morgan fingerprint density at radius 1 is 1.16 bits per heavy atom. The van der Waals surface area contributed by atoms with Crippen LogP contribution in [0.3, 0.4) is 0 Å². The van der Waals surface area contributed by atoms with E-state index in [0.29, 0.717) is 11.3 Å². The van der Waals surface area contributed by atoms with Gasteiger partial charge in [0.2, 0.25) is 0 Å². The smallest absolute Gasteiger partial charge is 0.277 e. The number of carbonyl (C=O) groups is 1. The normalized spacial score (nSPS) is 10.9. The molecule has 0 atom stereocenters. The molecule has 3 aromatic carbocycles. The highest BCUT2D eigenvalue weighted by Crippen LogP contribution is 2.25. The lowest BCUT2D eigenvalue weighted by atomic mass is 10.1. The van der Waals surface area contributed by atoms with Crippen molar-refractivity contribution in [2.24, 2.45) is 5.10 Å². The molecule has 0 saturated heterocycles. The van der Waals surface area contributed by atoms with E-state index in [1.165, 1.54) is 12.3 Å². The van der Waals surface area contributed by atoms with Crippen LogP contribution in [0.1, 0.15) is 5.56 Å². The minimum atomic E-state index is -0.390. The molecule has 6 heteroatoms. The average Bonchev–Trinajstić information content (AvgIpc) is 2.63. The SMILES string of the molecule is O=C(COc1cccc2ccccc12)NN=Cc1cc(Br)ccc1O. The summed E-state index contributed by atoms with van der Waals surface area (Å²) in [6.07, 6.45) is 1.37. The van der Waals surface area contributed by atoms with Gasteiger partial charge in [-0.05, 0) is 29.7 Å². The Labute approximate surface area is 153 Å². The molecule has 2 N–H and O–H groups in total.